The molecule has 0 fully saturated rings. The maximum absolute atomic E-state index is 16.0. The molecule has 0 unspecified atom stereocenters. The van der Waals surface area contributed by atoms with E-state index in [1.807, 2.05) is 19.9 Å². The van der Waals surface area contributed by atoms with Gasteiger partial charge in [0.15, 0.2) is 11.6 Å². The zero-order valence-corrected chi connectivity index (χ0v) is 17.7. The molecule has 0 radical (unpaired) electrons. The molecule has 0 aliphatic carbocycles. The van der Waals surface area contributed by atoms with Crippen molar-refractivity contribution in [2.75, 3.05) is 19.0 Å². The number of fused-ring (bicyclic) bond motifs is 4. The van der Waals surface area contributed by atoms with E-state index in [0.29, 0.717) is 41.4 Å². The normalized spacial score (nSPS) is 14.4. The Morgan fingerprint density at radius 3 is 2.77 bits per heavy atom. The highest BCUT2D eigenvalue weighted by Crippen LogP contribution is 2.43. The molecule has 0 bridgehead atoms. The number of nitrogens with zero attached hydrogens (tertiary/aromatic N) is 5. The lowest BCUT2D eigenvalue weighted by Crippen LogP contribution is -2.36. The zero-order valence-electron chi connectivity index (χ0n) is 17.7. The summed E-state index contributed by atoms with van der Waals surface area (Å²) in [6, 6.07) is 6.70. The second kappa shape index (κ2) is 6.84. The van der Waals surface area contributed by atoms with Gasteiger partial charge in [0.25, 0.3) is 0 Å². The summed E-state index contributed by atoms with van der Waals surface area (Å²) in [6.45, 7) is 6.58. The number of hydrogen-bond donors (Lipinski definition) is 1. The Hall–Kier alpha value is -3.33. The van der Waals surface area contributed by atoms with Gasteiger partial charge in [-0.15, -0.1) is 10.2 Å². The number of halogens is 2. The number of hydrogen-bond acceptors (Lipinski definition) is 5. The van der Waals surface area contributed by atoms with Crippen LogP contribution in [0.25, 0.3) is 27.7 Å². The van der Waals surface area contributed by atoms with Crippen LogP contribution in [0, 0.1) is 18.6 Å². The van der Waals surface area contributed by atoms with Gasteiger partial charge in [0, 0.05) is 18.6 Å². The maximum Gasteiger partial charge on any atom is 0.162 e. The van der Waals surface area contributed by atoms with Gasteiger partial charge < -0.3 is 10.1 Å². The van der Waals surface area contributed by atoms with Gasteiger partial charge in [-0.2, -0.15) is 5.10 Å². The summed E-state index contributed by atoms with van der Waals surface area (Å²) < 4.78 is 39.9. The molecule has 31 heavy (non-hydrogen) atoms. The largest absolute Gasteiger partial charge is 0.383 e. The Morgan fingerprint density at radius 1 is 1.19 bits per heavy atom. The molecular formula is C22H22F2N6O. The molecule has 7 nitrogen and oxygen atoms in total. The number of aromatic nitrogens is 5. The molecule has 3 heterocycles. The molecule has 1 N–H and O–H groups in total. The van der Waals surface area contributed by atoms with Crippen LogP contribution in [0.2, 0.25) is 0 Å². The minimum atomic E-state index is -0.667. The lowest BCUT2D eigenvalue weighted by atomic mass is 9.95. The Balaban J connectivity index is 1.76. The van der Waals surface area contributed by atoms with Crippen molar-refractivity contribution in [2.24, 2.45) is 0 Å². The number of anilines is 1. The van der Waals surface area contributed by atoms with E-state index in [1.54, 1.807) is 41.6 Å². The molecule has 0 spiro atoms. The average Bonchev–Trinajstić information content (AvgIpc) is 3.31. The highest BCUT2D eigenvalue weighted by Gasteiger charge is 2.37. The summed E-state index contributed by atoms with van der Waals surface area (Å²) in [5.74, 6) is -0.211. The highest BCUT2D eigenvalue weighted by atomic mass is 19.1. The van der Waals surface area contributed by atoms with Crippen LogP contribution in [0.5, 0.6) is 0 Å². The van der Waals surface area contributed by atoms with Crippen LogP contribution in [0.15, 0.2) is 30.5 Å². The number of methoxy groups -OCH3 is 1. The summed E-state index contributed by atoms with van der Waals surface area (Å²) in [5.41, 5.74) is 1.08. The van der Waals surface area contributed by atoms with Crippen LogP contribution in [-0.4, -0.2) is 38.3 Å². The van der Waals surface area contributed by atoms with Gasteiger partial charge in [-0.05, 0) is 32.4 Å². The molecule has 2 aromatic carbocycles. The Labute approximate surface area is 177 Å². The molecule has 1 aliphatic heterocycles. The van der Waals surface area contributed by atoms with Crippen LogP contribution in [0.4, 0.5) is 14.5 Å². The Bertz CT molecular complexity index is 1320. The second-order valence-electron chi connectivity index (χ2n) is 8.20. The van der Waals surface area contributed by atoms with E-state index in [2.05, 4.69) is 20.6 Å². The maximum atomic E-state index is 16.0. The minimum absolute atomic E-state index is 0.101. The molecule has 9 heteroatoms. The summed E-state index contributed by atoms with van der Waals surface area (Å²) >= 11 is 0. The monoisotopic (exact) mass is 424 g/mol. The Kier molecular flexibility index (Phi) is 4.33. The lowest BCUT2D eigenvalue weighted by Gasteiger charge is -2.34. The molecular weight excluding hydrogens is 402 g/mol. The fourth-order valence-corrected chi connectivity index (χ4v) is 4.27. The third kappa shape index (κ3) is 2.83. The van der Waals surface area contributed by atoms with Gasteiger partial charge in [0.1, 0.15) is 17.3 Å². The fourth-order valence-electron chi connectivity index (χ4n) is 4.27. The molecule has 0 saturated carbocycles. The van der Waals surface area contributed by atoms with Crippen LogP contribution in [0.3, 0.4) is 0 Å². The molecule has 0 atom stereocenters. The number of benzene rings is 2. The molecule has 0 amide bonds. The van der Waals surface area contributed by atoms with Crippen molar-refractivity contribution in [3.8, 4) is 16.8 Å². The standard InChI is InChI=1S/C22H22F2N6O/c1-12-27-28-21-22(2,3)26-16-10-15(23)18(19(24)20(16)30(12)21)13-6-5-7-17-14(13)11-25-29(17)8-9-31-4/h5-7,10-11,26H,8-9H2,1-4H3. The molecule has 2 aromatic heterocycles. The van der Waals surface area contributed by atoms with Gasteiger partial charge in [-0.1, -0.05) is 12.1 Å². The van der Waals surface area contributed by atoms with E-state index in [1.165, 1.54) is 6.07 Å². The summed E-state index contributed by atoms with van der Waals surface area (Å²) in [4.78, 5) is 0. The van der Waals surface area contributed by atoms with Crippen molar-refractivity contribution in [1.29, 1.82) is 0 Å². The fraction of sp³-hybridized carbons (Fsp3) is 0.318. The van der Waals surface area contributed by atoms with E-state index in [9.17, 15) is 0 Å². The smallest absolute Gasteiger partial charge is 0.162 e. The summed E-state index contributed by atoms with van der Waals surface area (Å²) in [7, 11) is 1.62. The predicted molar refractivity (Wildman–Crippen MR) is 113 cm³/mol. The second-order valence-corrected chi connectivity index (χ2v) is 8.20. The number of rotatable bonds is 4. The van der Waals surface area contributed by atoms with E-state index in [-0.39, 0.29) is 11.3 Å². The first kappa shape index (κ1) is 19.6. The average molecular weight is 424 g/mol. The van der Waals surface area contributed by atoms with Crippen LogP contribution >= 0.6 is 0 Å². The van der Waals surface area contributed by atoms with E-state index in [0.717, 1.165) is 5.52 Å². The number of ether oxygens (including phenoxy) is 1. The van der Waals surface area contributed by atoms with Crippen molar-refractivity contribution >= 4 is 16.6 Å². The van der Waals surface area contributed by atoms with Crippen molar-refractivity contribution in [3.63, 3.8) is 0 Å². The van der Waals surface area contributed by atoms with Gasteiger partial charge in [-0.3, -0.25) is 9.25 Å². The van der Waals surface area contributed by atoms with Gasteiger partial charge in [0.2, 0.25) is 0 Å². The topological polar surface area (TPSA) is 69.8 Å². The third-order valence-electron chi connectivity index (χ3n) is 5.71. The number of aryl methyl sites for hydroxylation is 1. The molecule has 1 aliphatic rings. The lowest BCUT2D eigenvalue weighted by molar-refractivity contribution is 0.185. The van der Waals surface area contributed by atoms with Crippen molar-refractivity contribution < 1.29 is 13.5 Å². The zero-order chi connectivity index (χ0) is 21.9. The molecule has 4 aromatic rings. The first-order chi connectivity index (χ1) is 14.8. The van der Waals surface area contributed by atoms with Crippen LogP contribution < -0.4 is 5.32 Å². The van der Waals surface area contributed by atoms with Crippen LogP contribution in [-0.2, 0) is 16.8 Å². The number of nitrogens with one attached hydrogen (secondary N) is 1. The summed E-state index contributed by atoms with van der Waals surface area (Å²) in [5, 5.41) is 16.6. The molecule has 0 saturated heterocycles. The van der Waals surface area contributed by atoms with Crippen molar-refractivity contribution in [1.82, 2.24) is 24.5 Å². The summed E-state index contributed by atoms with van der Waals surface area (Å²) in [6.07, 6.45) is 1.63. The van der Waals surface area contributed by atoms with Crippen molar-refractivity contribution in [3.05, 3.63) is 53.7 Å². The van der Waals surface area contributed by atoms with Crippen LogP contribution in [0.1, 0.15) is 25.5 Å². The minimum Gasteiger partial charge on any atom is -0.383 e. The quantitative estimate of drug-likeness (QED) is 0.532. The molecule has 160 valence electrons. The molecule has 5 rings (SSSR count). The van der Waals surface area contributed by atoms with Gasteiger partial charge >= 0.3 is 0 Å². The van der Waals surface area contributed by atoms with Crippen molar-refractivity contribution in [2.45, 2.75) is 32.9 Å². The van der Waals surface area contributed by atoms with Gasteiger partial charge in [0.05, 0.1) is 41.7 Å². The van der Waals surface area contributed by atoms with Gasteiger partial charge in [-0.25, -0.2) is 8.78 Å². The van der Waals surface area contributed by atoms with E-state index >= 15 is 8.78 Å². The first-order valence-corrected chi connectivity index (χ1v) is 10.0. The highest BCUT2D eigenvalue weighted by molar-refractivity contribution is 5.96. The predicted octanol–water partition coefficient (Wildman–Crippen LogP) is 4.18. The van der Waals surface area contributed by atoms with E-state index in [4.69, 9.17) is 4.74 Å². The Morgan fingerprint density at radius 2 is 2.00 bits per heavy atom. The van der Waals surface area contributed by atoms with E-state index < -0.39 is 17.2 Å². The SMILES string of the molecule is COCCn1ncc2c(-c3c(F)cc4c(c3F)-n3c(C)nnc3C(C)(C)N4)cccc21. The first-order valence-electron chi connectivity index (χ1n) is 10.0. The third-order valence-corrected chi connectivity index (χ3v) is 5.71.